The minimum Gasteiger partial charge on any atom is -0.457 e. The van der Waals surface area contributed by atoms with Crippen LogP contribution in [0.1, 0.15) is 96.7 Å². The van der Waals surface area contributed by atoms with Crippen molar-refractivity contribution in [3.8, 4) is 16.3 Å². The number of rotatable bonds is 12. The van der Waals surface area contributed by atoms with E-state index in [9.17, 15) is 19.8 Å². The van der Waals surface area contributed by atoms with Crippen LogP contribution in [0.2, 0.25) is 0 Å². The lowest BCUT2D eigenvalue weighted by Crippen LogP contribution is -2.48. The van der Waals surface area contributed by atoms with Gasteiger partial charge in [-0.1, -0.05) is 65.8 Å². The number of benzene rings is 1. The molecule has 1 aromatic carbocycles. The van der Waals surface area contributed by atoms with Gasteiger partial charge < -0.3 is 20.4 Å². The number of aliphatic hydroxyl groups is 1. The first-order valence-electron chi connectivity index (χ1n) is 15.8. The number of likely N-dealkylation sites (tertiary alicyclic amines) is 1. The summed E-state index contributed by atoms with van der Waals surface area (Å²) in [5.74, 6) is -0.792. The van der Waals surface area contributed by atoms with E-state index in [0.717, 1.165) is 34.5 Å². The van der Waals surface area contributed by atoms with Crippen LogP contribution in [0.5, 0.6) is 5.88 Å². The molecule has 2 aromatic heterocycles. The number of thiazole rings is 1. The number of aromatic hydroxyl groups is 1. The Labute approximate surface area is 265 Å². The van der Waals surface area contributed by atoms with E-state index in [1.807, 2.05) is 57.5 Å². The first-order chi connectivity index (χ1) is 20.8. The van der Waals surface area contributed by atoms with Crippen molar-refractivity contribution in [1.82, 2.24) is 15.2 Å². The predicted octanol–water partition coefficient (Wildman–Crippen LogP) is 5.75. The van der Waals surface area contributed by atoms with E-state index < -0.39 is 18.1 Å². The second-order valence-electron chi connectivity index (χ2n) is 13.0. The van der Waals surface area contributed by atoms with Crippen LogP contribution in [-0.4, -0.2) is 50.6 Å². The first-order valence-corrected chi connectivity index (χ1v) is 16.7. The SMILES string of the molecule is CCC(CC)(C[n+]1oc(C(C(=O)N2CC(O)CC2C(=O)NC(C)c2ccc(-c3scnc3C)cc2)C(C)C)cc1O)C(C)C. The van der Waals surface area contributed by atoms with Crippen LogP contribution in [0.25, 0.3) is 10.4 Å². The molecule has 4 unspecified atom stereocenters. The molecular formula is C34H49N4O5S+. The highest BCUT2D eigenvalue weighted by Crippen LogP contribution is 2.37. The Hall–Kier alpha value is -3.24. The van der Waals surface area contributed by atoms with Gasteiger partial charge in [-0.3, -0.25) is 9.59 Å². The fourth-order valence-electron chi connectivity index (χ4n) is 6.53. The van der Waals surface area contributed by atoms with Gasteiger partial charge in [-0.05, 0) is 49.7 Å². The zero-order valence-corrected chi connectivity index (χ0v) is 28.1. The summed E-state index contributed by atoms with van der Waals surface area (Å²) >= 11 is 1.59. The zero-order valence-electron chi connectivity index (χ0n) is 27.3. The molecule has 9 nitrogen and oxygen atoms in total. The van der Waals surface area contributed by atoms with Gasteiger partial charge in [0.25, 0.3) is 0 Å². The molecule has 1 aliphatic heterocycles. The highest BCUT2D eigenvalue weighted by Gasteiger charge is 2.45. The van der Waals surface area contributed by atoms with E-state index in [1.165, 1.54) is 15.7 Å². The Morgan fingerprint density at radius 1 is 1.16 bits per heavy atom. The van der Waals surface area contributed by atoms with Crippen LogP contribution >= 0.6 is 11.3 Å². The second kappa shape index (κ2) is 13.8. The number of nitrogens with one attached hydrogen (secondary N) is 1. The summed E-state index contributed by atoms with van der Waals surface area (Å²) in [7, 11) is 0. The number of aromatic nitrogens is 2. The predicted molar refractivity (Wildman–Crippen MR) is 171 cm³/mol. The monoisotopic (exact) mass is 625 g/mol. The third kappa shape index (κ3) is 6.86. The minimum atomic E-state index is -0.815. The van der Waals surface area contributed by atoms with Crippen molar-refractivity contribution in [2.75, 3.05) is 6.54 Å². The third-order valence-corrected chi connectivity index (χ3v) is 10.7. The molecular weight excluding hydrogens is 576 g/mol. The summed E-state index contributed by atoms with van der Waals surface area (Å²) in [6.45, 7) is 16.9. The van der Waals surface area contributed by atoms with Gasteiger partial charge in [0.05, 0.1) is 28.2 Å². The highest BCUT2D eigenvalue weighted by molar-refractivity contribution is 7.13. The number of aryl methyl sites for hydroxylation is 1. The largest absolute Gasteiger partial charge is 0.457 e. The number of hydrogen-bond acceptors (Lipinski definition) is 7. The summed E-state index contributed by atoms with van der Waals surface area (Å²) in [6.07, 6.45) is 1.20. The molecule has 240 valence electrons. The number of aliphatic hydroxyl groups excluding tert-OH is 1. The van der Waals surface area contributed by atoms with Gasteiger partial charge in [-0.15, -0.1) is 11.3 Å². The standard InChI is InChI=1S/C34H48N4O5S/c1-9-34(10-2,21(5)6)18-38-29(40)16-28(43-38)30(20(3)4)33(42)37-17-26(39)15-27(37)32(41)36-22(7)24-11-13-25(14-12-24)31-23(8)35-19-44-31/h11-14,16,19-22,26-27,30,39H,9-10,15,17-18H2,1-8H3,(H,36,41)/p+1. The molecule has 44 heavy (non-hydrogen) atoms. The van der Waals surface area contributed by atoms with E-state index in [-0.39, 0.29) is 48.0 Å². The summed E-state index contributed by atoms with van der Waals surface area (Å²) in [5, 5.41) is 24.5. The normalized spacial score (nSPS) is 18.7. The average Bonchev–Trinajstić information content (AvgIpc) is 3.69. The summed E-state index contributed by atoms with van der Waals surface area (Å²) in [4.78, 5) is 34.6. The Morgan fingerprint density at radius 2 is 1.82 bits per heavy atom. The van der Waals surface area contributed by atoms with E-state index in [4.69, 9.17) is 4.52 Å². The Balaban J connectivity index is 1.51. The van der Waals surface area contributed by atoms with E-state index in [1.54, 1.807) is 11.3 Å². The van der Waals surface area contributed by atoms with Gasteiger partial charge in [0.1, 0.15) is 18.0 Å². The number of hydrogen-bond donors (Lipinski definition) is 3. The van der Waals surface area contributed by atoms with Crippen LogP contribution in [0.15, 0.2) is 40.4 Å². The molecule has 2 amide bonds. The van der Waals surface area contributed by atoms with Crippen molar-refractivity contribution in [2.24, 2.45) is 17.3 Å². The molecule has 3 N–H and O–H groups in total. The fraction of sp³-hybridized carbons (Fsp3) is 0.588. The number of amides is 2. The second-order valence-corrected chi connectivity index (χ2v) is 13.8. The maximum absolute atomic E-state index is 14.1. The van der Waals surface area contributed by atoms with Crippen molar-refractivity contribution in [1.29, 1.82) is 0 Å². The fourth-order valence-corrected chi connectivity index (χ4v) is 7.34. The lowest BCUT2D eigenvalue weighted by molar-refractivity contribution is -0.876. The lowest BCUT2D eigenvalue weighted by atomic mass is 9.73. The molecule has 3 heterocycles. The van der Waals surface area contributed by atoms with Crippen molar-refractivity contribution in [2.45, 2.75) is 105 Å². The van der Waals surface area contributed by atoms with E-state index >= 15 is 0 Å². The molecule has 3 aromatic rings. The minimum absolute atomic E-state index is 0.0218. The molecule has 1 fully saturated rings. The number of β-amino-alcohol motifs (C(OH)–C–C–N with tert-alkyl or cyclic N) is 1. The van der Waals surface area contributed by atoms with Gasteiger partial charge in [0, 0.05) is 23.1 Å². The van der Waals surface area contributed by atoms with Gasteiger partial charge in [0.15, 0.2) is 0 Å². The van der Waals surface area contributed by atoms with Crippen LogP contribution in [-0.2, 0) is 16.1 Å². The summed E-state index contributed by atoms with van der Waals surface area (Å²) < 4.78 is 7.67. The first kappa shape index (κ1) is 33.6. The Kier molecular flexibility index (Phi) is 10.6. The summed E-state index contributed by atoms with van der Waals surface area (Å²) in [6, 6.07) is 8.45. The Bertz CT molecular complexity index is 1430. The zero-order chi connectivity index (χ0) is 32.3. The van der Waals surface area contributed by atoms with Gasteiger partial charge in [0.2, 0.25) is 24.1 Å². The molecule has 0 aliphatic carbocycles. The van der Waals surface area contributed by atoms with Crippen molar-refractivity contribution in [3.63, 3.8) is 0 Å². The van der Waals surface area contributed by atoms with E-state index in [2.05, 4.69) is 38.0 Å². The van der Waals surface area contributed by atoms with Crippen molar-refractivity contribution >= 4 is 23.2 Å². The average molecular weight is 626 g/mol. The molecule has 0 spiro atoms. The topological polar surface area (TPSA) is 120 Å². The molecule has 0 saturated carbocycles. The molecule has 0 bridgehead atoms. The molecule has 0 radical (unpaired) electrons. The lowest BCUT2D eigenvalue weighted by Gasteiger charge is -2.31. The van der Waals surface area contributed by atoms with Gasteiger partial charge in [-0.2, -0.15) is 0 Å². The number of nitrogens with zero attached hydrogens (tertiary/aromatic N) is 3. The molecule has 4 rings (SSSR count). The smallest absolute Gasteiger partial charge is 0.412 e. The maximum atomic E-state index is 14.1. The van der Waals surface area contributed by atoms with Crippen LogP contribution < -0.4 is 10.1 Å². The highest BCUT2D eigenvalue weighted by atomic mass is 32.1. The maximum Gasteiger partial charge on any atom is 0.412 e. The van der Waals surface area contributed by atoms with Crippen LogP contribution in [0.4, 0.5) is 0 Å². The van der Waals surface area contributed by atoms with Gasteiger partial charge >= 0.3 is 5.88 Å². The number of carbonyl (C=O) groups is 2. The molecule has 10 heteroatoms. The summed E-state index contributed by atoms with van der Waals surface area (Å²) in [5.41, 5.74) is 4.77. The number of carbonyl (C=O) groups excluding carboxylic acids is 2. The van der Waals surface area contributed by atoms with Gasteiger partial charge in [-0.25, -0.2) is 9.51 Å². The molecule has 1 saturated heterocycles. The van der Waals surface area contributed by atoms with Crippen LogP contribution in [0.3, 0.4) is 0 Å². The Morgan fingerprint density at radius 3 is 2.36 bits per heavy atom. The molecule has 4 atom stereocenters. The van der Waals surface area contributed by atoms with E-state index in [0.29, 0.717) is 18.2 Å². The molecule has 1 aliphatic rings. The quantitative estimate of drug-likeness (QED) is 0.221. The van der Waals surface area contributed by atoms with Crippen LogP contribution in [0, 0.1) is 24.2 Å². The van der Waals surface area contributed by atoms with Crippen molar-refractivity contribution < 1.29 is 29.1 Å². The third-order valence-electron chi connectivity index (χ3n) is 9.72. The van der Waals surface area contributed by atoms with Crippen molar-refractivity contribution in [3.05, 3.63) is 52.9 Å².